The number of sulfonamides is 1. The van der Waals surface area contributed by atoms with Gasteiger partial charge in [0.05, 0.1) is 4.90 Å². The van der Waals surface area contributed by atoms with Crippen molar-refractivity contribution in [2.75, 3.05) is 0 Å². The normalized spacial score (nSPS) is 13.7. The Morgan fingerprint density at radius 1 is 1.29 bits per heavy atom. The molecule has 0 saturated carbocycles. The van der Waals surface area contributed by atoms with E-state index in [0.717, 1.165) is 12.0 Å². The van der Waals surface area contributed by atoms with E-state index in [1.807, 2.05) is 13.8 Å². The van der Waals surface area contributed by atoms with Crippen LogP contribution in [-0.2, 0) is 10.0 Å². The van der Waals surface area contributed by atoms with Crippen molar-refractivity contribution in [2.24, 2.45) is 0 Å². The Hall–Kier alpha value is -0.580. The van der Waals surface area contributed by atoms with Gasteiger partial charge in [-0.2, -0.15) is 0 Å². The summed E-state index contributed by atoms with van der Waals surface area (Å²) in [7, 11) is -3.45. The Morgan fingerprint density at radius 3 is 2.41 bits per heavy atom. The van der Waals surface area contributed by atoms with Crippen LogP contribution in [0.1, 0.15) is 31.4 Å². The molecule has 1 aromatic carbocycles. The van der Waals surface area contributed by atoms with Gasteiger partial charge in [0.25, 0.3) is 0 Å². The van der Waals surface area contributed by atoms with Crippen LogP contribution in [0.5, 0.6) is 0 Å². The molecule has 0 fully saturated rings. The van der Waals surface area contributed by atoms with Gasteiger partial charge in [0.15, 0.2) is 0 Å². The monoisotopic (exact) mass is 275 g/mol. The predicted molar refractivity (Wildman–Crippen MR) is 71.0 cm³/mol. The van der Waals surface area contributed by atoms with Gasteiger partial charge in [-0.25, -0.2) is 13.1 Å². The van der Waals surface area contributed by atoms with E-state index in [4.69, 9.17) is 11.6 Å². The molecule has 0 aliphatic rings. The molecule has 0 saturated heterocycles. The number of benzene rings is 1. The molecule has 1 atom stereocenters. The lowest BCUT2D eigenvalue weighted by Crippen LogP contribution is -2.32. The van der Waals surface area contributed by atoms with E-state index in [1.54, 1.807) is 26.0 Å². The molecule has 0 aromatic heterocycles. The minimum Gasteiger partial charge on any atom is -0.208 e. The fourth-order valence-electron chi connectivity index (χ4n) is 1.46. The number of hydrogen-bond donors (Lipinski definition) is 1. The van der Waals surface area contributed by atoms with Crippen molar-refractivity contribution < 1.29 is 8.42 Å². The third-order valence-corrected chi connectivity index (χ3v) is 4.85. The summed E-state index contributed by atoms with van der Waals surface area (Å²) in [6.45, 7) is 7.32. The van der Waals surface area contributed by atoms with Crippen LogP contribution in [0.15, 0.2) is 17.0 Å². The van der Waals surface area contributed by atoms with Crippen molar-refractivity contribution in [1.82, 2.24) is 4.72 Å². The summed E-state index contributed by atoms with van der Waals surface area (Å²) in [6, 6.07) is 3.22. The average Bonchev–Trinajstić information content (AvgIpc) is 2.22. The van der Waals surface area contributed by atoms with Gasteiger partial charge >= 0.3 is 0 Å². The molecule has 0 bridgehead atoms. The van der Waals surface area contributed by atoms with Crippen LogP contribution >= 0.6 is 11.6 Å². The molecule has 0 aliphatic heterocycles. The summed E-state index contributed by atoms with van der Waals surface area (Å²) in [5.74, 6) is 0. The highest BCUT2D eigenvalue weighted by atomic mass is 35.5. The molecule has 0 unspecified atom stereocenters. The zero-order valence-electron chi connectivity index (χ0n) is 10.5. The Labute approximate surface area is 108 Å². The summed E-state index contributed by atoms with van der Waals surface area (Å²) in [6.07, 6.45) is 0.755. The summed E-state index contributed by atoms with van der Waals surface area (Å²) in [5, 5.41) is 0.588. The maximum absolute atomic E-state index is 12.1. The van der Waals surface area contributed by atoms with Gasteiger partial charge in [0, 0.05) is 11.1 Å². The van der Waals surface area contributed by atoms with Crippen LogP contribution < -0.4 is 4.72 Å². The summed E-state index contributed by atoms with van der Waals surface area (Å²) in [5.41, 5.74) is 1.43. The fraction of sp³-hybridized carbons (Fsp3) is 0.500. The number of aryl methyl sites for hydroxylation is 2. The smallest absolute Gasteiger partial charge is 0.208 e. The van der Waals surface area contributed by atoms with Crippen LogP contribution in [0.4, 0.5) is 0 Å². The fourth-order valence-corrected chi connectivity index (χ4v) is 3.31. The lowest BCUT2D eigenvalue weighted by atomic mass is 10.2. The quantitative estimate of drug-likeness (QED) is 0.918. The second-order valence-electron chi connectivity index (χ2n) is 4.30. The van der Waals surface area contributed by atoms with Gasteiger partial charge in [0.1, 0.15) is 0 Å². The molecule has 3 nitrogen and oxygen atoms in total. The SMILES string of the molecule is CC[C@H](C)NS(=O)(=O)c1cc(C)c(Cl)cc1C. The van der Waals surface area contributed by atoms with E-state index < -0.39 is 10.0 Å². The van der Waals surface area contributed by atoms with Crippen molar-refractivity contribution in [3.63, 3.8) is 0 Å². The van der Waals surface area contributed by atoms with Crippen LogP contribution in [0, 0.1) is 13.8 Å². The van der Waals surface area contributed by atoms with Crippen LogP contribution in [0.2, 0.25) is 5.02 Å². The lowest BCUT2D eigenvalue weighted by molar-refractivity contribution is 0.555. The predicted octanol–water partition coefficient (Wildman–Crippen LogP) is 3.03. The van der Waals surface area contributed by atoms with Crippen molar-refractivity contribution in [2.45, 2.75) is 45.1 Å². The number of hydrogen-bond acceptors (Lipinski definition) is 2. The van der Waals surface area contributed by atoms with Crippen molar-refractivity contribution >= 4 is 21.6 Å². The molecule has 0 amide bonds. The molecule has 0 aliphatic carbocycles. The van der Waals surface area contributed by atoms with Gasteiger partial charge in [-0.15, -0.1) is 0 Å². The largest absolute Gasteiger partial charge is 0.241 e. The first-order valence-corrected chi connectivity index (χ1v) is 7.43. The Morgan fingerprint density at radius 2 is 1.88 bits per heavy atom. The van der Waals surface area contributed by atoms with Crippen LogP contribution in [-0.4, -0.2) is 14.5 Å². The summed E-state index contributed by atoms with van der Waals surface area (Å²) in [4.78, 5) is 0.305. The topological polar surface area (TPSA) is 46.2 Å². The summed E-state index contributed by atoms with van der Waals surface area (Å²) < 4.78 is 26.9. The highest BCUT2D eigenvalue weighted by Crippen LogP contribution is 2.23. The molecule has 0 spiro atoms. The Balaban J connectivity index is 3.20. The highest BCUT2D eigenvalue weighted by molar-refractivity contribution is 7.89. The van der Waals surface area contributed by atoms with Crippen LogP contribution in [0.25, 0.3) is 0 Å². The summed E-state index contributed by atoms with van der Waals surface area (Å²) >= 11 is 5.95. The van der Waals surface area contributed by atoms with Gasteiger partial charge in [0.2, 0.25) is 10.0 Å². The first-order valence-electron chi connectivity index (χ1n) is 5.57. The standard InChI is InChI=1S/C12H18ClNO2S/c1-5-10(4)14-17(15,16)12-7-8(2)11(13)6-9(12)3/h6-7,10,14H,5H2,1-4H3/t10-/m0/s1. The van der Waals surface area contributed by atoms with Crippen molar-refractivity contribution in [1.29, 1.82) is 0 Å². The zero-order valence-corrected chi connectivity index (χ0v) is 12.1. The first-order chi connectivity index (χ1) is 7.77. The third-order valence-electron chi connectivity index (χ3n) is 2.71. The average molecular weight is 276 g/mol. The minimum absolute atomic E-state index is 0.0737. The maximum Gasteiger partial charge on any atom is 0.241 e. The van der Waals surface area contributed by atoms with Gasteiger partial charge in [-0.05, 0) is 50.5 Å². The van der Waals surface area contributed by atoms with E-state index in [1.165, 1.54) is 0 Å². The Kier molecular flexibility index (Phi) is 4.58. The maximum atomic E-state index is 12.1. The van der Waals surface area contributed by atoms with Gasteiger partial charge in [-0.3, -0.25) is 0 Å². The van der Waals surface area contributed by atoms with E-state index >= 15 is 0 Å². The van der Waals surface area contributed by atoms with Crippen LogP contribution in [0.3, 0.4) is 0 Å². The van der Waals surface area contributed by atoms with Crippen molar-refractivity contribution in [3.8, 4) is 0 Å². The second kappa shape index (κ2) is 5.38. The second-order valence-corrected chi connectivity index (χ2v) is 6.39. The van der Waals surface area contributed by atoms with Gasteiger partial charge in [-0.1, -0.05) is 18.5 Å². The molecule has 17 heavy (non-hydrogen) atoms. The molecule has 0 heterocycles. The van der Waals surface area contributed by atoms with E-state index in [2.05, 4.69) is 4.72 Å². The number of rotatable bonds is 4. The molecule has 96 valence electrons. The molecule has 1 aromatic rings. The molecule has 1 N–H and O–H groups in total. The molecule has 5 heteroatoms. The number of nitrogens with one attached hydrogen (secondary N) is 1. The van der Waals surface area contributed by atoms with Crippen molar-refractivity contribution in [3.05, 3.63) is 28.3 Å². The van der Waals surface area contributed by atoms with E-state index in [9.17, 15) is 8.42 Å². The van der Waals surface area contributed by atoms with E-state index in [-0.39, 0.29) is 6.04 Å². The number of halogens is 1. The molecule has 1 rings (SSSR count). The molecule has 0 radical (unpaired) electrons. The van der Waals surface area contributed by atoms with Gasteiger partial charge < -0.3 is 0 Å². The highest BCUT2D eigenvalue weighted by Gasteiger charge is 2.19. The molecular weight excluding hydrogens is 258 g/mol. The Bertz CT molecular complexity index is 511. The third kappa shape index (κ3) is 3.44. The first kappa shape index (κ1) is 14.5. The minimum atomic E-state index is -3.45. The zero-order chi connectivity index (χ0) is 13.2. The van der Waals surface area contributed by atoms with E-state index in [0.29, 0.717) is 15.5 Å². The lowest BCUT2D eigenvalue weighted by Gasteiger charge is -2.14. The molecular formula is C12H18ClNO2S.